The van der Waals surface area contributed by atoms with Crippen LogP contribution < -0.4 is 0 Å². The van der Waals surface area contributed by atoms with E-state index in [1.54, 1.807) is 29.3 Å². The Bertz CT molecular complexity index is 616. The monoisotopic (exact) mass is 221 g/mol. The second-order valence-electron chi connectivity index (χ2n) is 2.82. The highest BCUT2D eigenvalue weighted by Gasteiger charge is 2.12. The molecule has 0 radical (unpaired) electrons. The van der Waals surface area contributed by atoms with E-state index in [4.69, 9.17) is 16.0 Å². The van der Waals surface area contributed by atoms with E-state index in [1.807, 2.05) is 0 Å². The van der Waals surface area contributed by atoms with Crippen molar-refractivity contribution in [3.8, 4) is 11.5 Å². The standard InChI is InChI=1S/C8H4ClN5O/c9-8-13-12-7(15-8)5-3-11-14-2-1-10-4-6(5)14/h1-4H. The zero-order chi connectivity index (χ0) is 10.3. The highest BCUT2D eigenvalue weighted by Crippen LogP contribution is 2.23. The molecule has 0 aromatic carbocycles. The van der Waals surface area contributed by atoms with Gasteiger partial charge >= 0.3 is 5.35 Å². The van der Waals surface area contributed by atoms with Gasteiger partial charge in [0.1, 0.15) is 0 Å². The minimum Gasteiger partial charge on any atom is -0.407 e. The maximum absolute atomic E-state index is 5.55. The third-order valence-electron chi connectivity index (χ3n) is 1.96. The highest BCUT2D eigenvalue weighted by molar-refractivity contribution is 6.27. The van der Waals surface area contributed by atoms with E-state index < -0.39 is 0 Å². The van der Waals surface area contributed by atoms with Crippen molar-refractivity contribution in [1.82, 2.24) is 24.8 Å². The van der Waals surface area contributed by atoms with Crippen molar-refractivity contribution < 1.29 is 4.42 Å². The molecule has 0 saturated carbocycles. The molecule has 3 heterocycles. The smallest absolute Gasteiger partial charge is 0.313 e. The molecule has 0 saturated heterocycles. The fraction of sp³-hybridized carbons (Fsp3) is 0. The summed E-state index contributed by atoms with van der Waals surface area (Å²) in [5.41, 5.74) is 1.50. The van der Waals surface area contributed by atoms with E-state index in [0.29, 0.717) is 11.5 Å². The van der Waals surface area contributed by atoms with Crippen molar-refractivity contribution in [3.63, 3.8) is 0 Å². The Labute approximate surface area is 88.5 Å². The number of nitrogens with zero attached hydrogens (tertiary/aromatic N) is 5. The molecule has 0 aliphatic rings. The summed E-state index contributed by atoms with van der Waals surface area (Å²) in [5, 5.41) is 11.5. The van der Waals surface area contributed by atoms with Crippen LogP contribution in [0.25, 0.3) is 17.0 Å². The third-order valence-corrected chi connectivity index (χ3v) is 2.11. The van der Waals surface area contributed by atoms with Crippen LogP contribution in [0.3, 0.4) is 0 Å². The van der Waals surface area contributed by atoms with Gasteiger partial charge in [0.15, 0.2) is 0 Å². The quantitative estimate of drug-likeness (QED) is 0.622. The van der Waals surface area contributed by atoms with E-state index in [1.165, 1.54) is 0 Å². The molecule has 3 aromatic heterocycles. The van der Waals surface area contributed by atoms with Crippen molar-refractivity contribution in [3.05, 3.63) is 30.1 Å². The second kappa shape index (κ2) is 3.03. The molecule has 0 atom stereocenters. The van der Waals surface area contributed by atoms with E-state index in [-0.39, 0.29) is 5.35 Å². The van der Waals surface area contributed by atoms with E-state index >= 15 is 0 Å². The summed E-state index contributed by atoms with van der Waals surface area (Å²) in [6.45, 7) is 0. The average Bonchev–Trinajstić information content (AvgIpc) is 2.83. The van der Waals surface area contributed by atoms with Gasteiger partial charge in [0.05, 0.1) is 23.5 Å². The van der Waals surface area contributed by atoms with Crippen LogP contribution >= 0.6 is 11.6 Å². The molecular weight excluding hydrogens is 218 g/mol. The van der Waals surface area contributed by atoms with Gasteiger partial charge in [0.25, 0.3) is 5.89 Å². The van der Waals surface area contributed by atoms with Gasteiger partial charge in [-0.05, 0) is 11.6 Å². The minimum absolute atomic E-state index is 0.00763. The second-order valence-corrected chi connectivity index (χ2v) is 3.15. The molecule has 0 fully saturated rings. The van der Waals surface area contributed by atoms with Crippen molar-refractivity contribution in [2.24, 2.45) is 0 Å². The van der Waals surface area contributed by atoms with E-state index in [2.05, 4.69) is 20.3 Å². The summed E-state index contributed by atoms with van der Waals surface area (Å²) in [7, 11) is 0. The van der Waals surface area contributed by atoms with Crippen molar-refractivity contribution >= 4 is 17.1 Å². The molecule has 7 heteroatoms. The molecule has 3 rings (SSSR count). The predicted octanol–water partition coefficient (Wildman–Crippen LogP) is 1.43. The van der Waals surface area contributed by atoms with Crippen LogP contribution in [0.5, 0.6) is 0 Å². The normalized spacial score (nSPS) is 11.0. The minimum atomic E-state index is 0.00763. The Morgan fingerprint density at radius 1 is 1.27 bits per heavy atom. The lowest BCUT2D eigenvalue weighted by Gasteiger charge is -1.91. The summed E-state index contributed by atoms with van der Waals surface area (Å²) in [6, 6.07) is 0. The van der Waals surface area contributed by atoms with Crippen molar-refractivity contribution in [2.45, 2.75) is 0 Å². The molecular formula is C8H4ClN5O. The lowest BCUT2D eigenvalue weighted by Crippen LogP contribution is -1.86. The number of hydrogen-bond acceptors (Lipinski definition) is 5. The molecule has 15 heavy (non-hydrogen) atoms. The molecule has 0 bridgehead atoms. The van der Waals surface area contributed by atoms with E-state index in [0.717, 1.165) is 5.52 Å². The van der Waals surface area contributed by atoms with Crippen LogP contribution in [0.4, 0.5) is 0 Å². The average molecular weight is 222 g/mol. The molecule has 6 nitrogen and oxygen atoms in total. The van der Waals surface area contributed by atoms with Crippen LogP contribution in [0.15, 0.2) is 29.2 Å². The van der Waals surface area contributed by atoms with Gasteiger partial charge in [-0.1, -0.05) is 5.10 Å². The first-order chi connectivity index (χ1) is 7.34. The Morgan fingerprint density at radius 2 is 2.20 bits per heavy atom. The summed E-state index contributed by atoms with van der Waals surface area (Å²) in [5.74, 6) is 0.336. The topological polar surface area (TPSA) is 69.1 Å². The van der Waals surface area contributed by atoms with Gasteiger partial charge in [-0.3, -0.25) is 4.98 Å². The number of rotatable bonds is 1. The molecule has 0 aliphatic heterocycles. The van der Waals surface area contributed by atoms with Gasteiger partial charge in [-0.2, -0.15) is 5.10 Å². The molecule has 0 aliphatic carbocycles. The number of halogens is 1. The van der Waals surface area contributed by atoms with Gasteiger partial charge in [-0.25, -0.2) is 4.52 Å². The molecule has 3 aromatic rings. The summed E-state index contributed by atoms with van der Waals surface area (Å²) >= 11 is 5.55. The Balaban J connectivity index is 2.27. The SMILES string of the molecule is Clc1nnc(-c2cnn3ccncc23)o1. The zero-order valence-electron chi connectivity index (χ0n) is 7.33. The Kier molecular flexibility index (Phi) is 1.69. The maximum Gasteiger partial charge on any atom is 0.313 e. The van der Waals surface area contributed by atoms with Crippen LogP contribution in [0.1, 0.15) is 0 Å². The summed E-state index contributed by atoms with van der Waals surface area (Å²) in [4.78, 5) is 3.99. The number of fused-ring (bicyclic) bond motifs is 1. The zero-order valence-corrected chi connectivity index (χ0v) is 8.09. The number of hydrogen-bond donors (Lipinski definition) is 0. The highest BCUT2D eigenvalue weighted by atomic mass is 35.5. The molecule has 0 unspecified atom stereocenters. The van der Waals surface area contributed by atoms with E-state index in [9.17, 15) is 0 Å². The molecule has 74 valence electrons. The Hall–Kier alpha value is -1.95. The van der Waals surface area contributed by atoms with Crippen LogP contribution in [-0.4, -0.2) is 24.8 Å². The van der Waals surface area contributed by atoms with Crippen LogP contribution in [0, 0.1) is 0 Å². The predicted molar refractivity (Wildman–Crippen MR) is 51.3 cm³/mol. The van der Waals surface area contributed by atoms with Crippen LogP contribution in [0.2, 0.25) is 5.35 Å². The Morgan fingerprint density at radius 3 is 3.00 bits per heavy atom. The first-order valence-electron chi connectivity index (χ1n) is 4.11. The lowest BCUT2D eigenvalue weighted by molar-refractivity contribution is 0.571. The lowest BCUT2D eigenvalue weighted by atomic mass is 10.3. The van der Waals surface area contributed by atoms with Gasteiger partial charge in [0.2, 0.25) is 0 Å². The van der Waals surface area contributed by atoms with Gasteiger partial charge < -0.3 is 4.42 Å². The molecule has 0 spiro atoms. The first kappa shape index (κ1) is 8.37. The largest absolute Gasteiger partial charge is 0.407 e. The van der Waals surface area contributed by atoms with Crippen molar-refractivity contribution in [1.29, 1.82) is 0 Å². The van der Waals surface area contributed by atoms with Crippen LogP contribution in [-0.2, 0) is 0 Å². The molecule has 0 N–H and O–H groups in total. The first-order valence-corrected chi connectivity index (χ1v) is 4.49. The fourth-order valence-electron chi connectivity index (χ4n) is 1.31. The molecule has 0 amide bonds. The fourth-order valence-corrected chi connectivity index (χ4v) is 1.42. The number of aromatic nitrogens is 5. The van der Waals surface area contributed by atoms with Gasteiger partial charge in [0, 0.05) is 12.4 Å². The summed E-state index contributed by atoms with van der Waals surface area (Å²) in [6.07, 6.45) is 6.67. The van der Waals surface area contributed by atoms with Gasteiger partial charge in [-0.15, -0.1) is 5.10 Å². The summed E-state index contributed by atoms with van der Waals surface area (Å²) < 4.78 is 6.77. The van der Waals surface area contributed by atoms with Crippen molar-refractivity contribution in [2.75, 3.05) is 0 Å². The third kappa shape index (κ3) is 1.26. The maximum atomic E-state index is 5.55.